The summed E-state index contributed by atoms with van der Waals surface area (Å²) in [6, 6.07) is 0. The van der Waals surface area contributed by atoms with Gasteiger partial charge in [0.2, 0.25) is 0 Å². The molecule has 0 rings (SSSR count). The van der Waals surface area contributed by atoms with Gasteiger partial charge in [-0.1, -0.05) is 0 Å². The molecule has 92 valence electrons. The molecule has 0 spiro atoms. The van der Waals surface area contributed by atoms with E-state index >= 15 is 0 Å². The second-order valence-electron chi connectivity index (χ2n) is 0.671. The van der Waals surface area contributed by atoms with Gasteiger partial charge < -0.3 is 51.4 Å². The quantitative estimate of drug-likeness (QED) is 0.350. The fraction of sp³-hybridized carbons (Fsp3) is 0. The number of hydrogen-bond donors (Lipinski definition) is 0. The Morgan fingerprint density at radius 1 is 0.571 bits per heavy atom. The summed E-state index contributed by atoms with van der Waals surface area (Å²) in [5.41, 5.74) is 0. The topological polar surface area (TPSA) is 230 Å². The van der Waals surface area contributed by atoms with E-state index in [4.69, 9.17) is 46.0 Å². The van der Waals surface area contributed by atoms with Gasteiger partial charge in [0.1, 0.15) is 0 Å². The van der Waals surface area contributed by atoms with E-state index < -0.39 is 15.3 Å². The van der Waals surface area contributed by atoms with Crippen molar-refractivity contribution in [2.75, 3.05) is 0 Å². The maximum absolute atomic E-state index is 8.25. The minimum Gasteiger partial charge on any atom is -0.412 e. The van der Waals surface area contributed by atoms with Crippen molar-refractivity contribution in [1.82, 2.24) is 0 Å². The van der Waals surface area contributed by atoms with E-state index in [1.54, 1.807) is 0 Å². The van der Waals surface area contributed by atoms with Crippen LogP contribution in [0.25, 0.3) is 0 Å². The van der Waals surface area contributed by atoms with Crippen LogP contribution in [-0.4, -0.2) is 20.7 Å². The second kappa shape index (κ2) is 22.6. The van der Waals surface area contributed by atoms with Crippen LogP contribution in [0.1, 0.15) is 0 Å². The molecule has 13 nitrogen and oxygen atoms in total. The monoisotopic (exact) mass is 379 g/mol. The molecule has 0 amide bonds. The molecule has 14 heteroatoms. The van der Waals surface area contributed by atoms with Crippen molar-refractivity contribution in [1.29, 1.82) is 0 Å². The molecule has 0 saturated heterocycles. The van der Waals surface area contributed by atoms with Gasteiger partial charge in [0.25, 0.3) is 0 Å². The first-order chi connectivity index (χ1) is 5.20. The van der Waals surface area contributed by atoms with Gasteiger partial charge >= 0.3 is 36.9 Å². The van der Waals surface area contributed by atoms with E-state index in [1.165, 1.54) is 0 Å². The fourth-order valence-electron chi connectivity index (χ4n) is 0. The fourth-order valence-corrected chi connectivity index (χ4v) is 0. The molecule has 0 heterocycles. The molecular formula is H2LuN3O10. The minimum atomic E-state index is -1.75. The molecule has 0 aromatic rings. The number of rotatable bonds is 0. The Balaban J connectivity index is -0.0000000270. The molecule has 0 aliphatic heterocycles. The van der Waals surface area contributed by atoms with Crippen LogP contribution >= 0.6 is 0 Å². The van der Waals surface area contributed by atoms with Crippen molar-refractivity contribution in [2.24, 2.45) is 0 Å². The molecule has 2 N–H and O–H groups in total. The van der Waals surface area contributed by atoms with Gasteiger partial charge in [-0.15, -0.1) is 0 Å². The molecule has 0 saturated carbocycles. The first kappa shape index (κ1) is 29.3. The third-order valence-electron chi connectivity index (χ3n) is 0. The van der Waals surface area contributed by atoms with Crippen molar-refractivity contribution >= 4 is 0 Å². The number of hydrogen-bond acceptors (Lipinski definition) is 9. The molecule has 0 aliphatic rings. The van der Waals surface area contributed by atoms with Crippen LogP contribution in [0.3, 0.4) is 0 Å². The summed E-state index contributed by atoms with van der Waals surface area (Å²) in [7, 11) is 0. The normalized spacial score (nSPS) is 5.14. The average Bonchev–Trinajstić information content (AvgIpc) is 1.54. The summed E-state index contributed by atoms with van der Waals surface area (Å²) in [5.74, 6) is 0. The van der Waals surface area contributed by atoms with Crippen molar-refractivity contribution in [3.8, 4) is 0 Å². The maximum Gasteiger partial charge on any atom is 3.00 e. The van der Waals surface area contributed by atoms with Crippen LogP contribution in [0.15, 0.2) is 0 Å². The van der Waals surface area contributed by atoms with Gasteiger partial charge in [-0.05, 0) is 0 Å². The molecule has 14 heavy (non-hydrogen) atoms. The van der Waals surface area contributed by atoms with E-state index in [9.17, 15) is 0 Å². The second-order valence-corrected chi connectivity index (χ2v) is 0.671. The molecule has 0 radical (unpaired) electrons. The molecule has 0 fully saturated rings. The summed E-state index contributed by atoms with van der Waals surface area (Å²) >= 11 is 0. The summed E-state index contributed by atoms with van der Waals surface area (Å²) in [6.07, 6.45) is 0. The molecule has 0 unspecified atom stereocenters. The first-order valence-electron chi connectivity index (χ1n) is 1.64. The zero-order valence-electron chi connectivity index (χ0n) is 5.77. The van der Waals surface area contributed by atoms with Gasteiger partial charge in [0.15, 0.2) is 0 Å². The third kappa shape index (κ3) is 712. The Kier molecular flexibility index (Phi) is 47.3. The largest absolute Gasteiger partial charge is 3.00 e. The van der Waals surface area contributed by atoms with Gasteiger partial charge in [-0.3, -0.25) is 0 Å². The summed E-state index contributed by atoms with van der Waals surface area (Å²) in [4.78, 5) is 24.8. The van der Waals surface area contributed by atoms with Crippen molar-refractivity contribution < 1.29 is 57.6 Å². The van der Waals surface area contributed by atoms with Crippen LogP contribution in [0.2, 0.25) is 0 Å². The van der Waals surface area contributed by atoms with Crippen molar-refractivity contribution in [2.45, 2.75) is 0 Å². The zero-order chi connectivity index (χ0) is 10.7. The molecule has 0 aromatic heterocycles. The zero-order valence-corrected chi connectivity index (χ0v) is 7.43. The summed E-state index contributed by atoms with van der Waals surface area (Å²) < 4.78 is 0. The van der Waals surface area contributed by atoms with Gasteiger partial charge in [0, 0.05) is 0 Å². The van der Waals surface area contributed by atoms with E-state index in [1.807, 2.05) is 0 Å². The Labute approximate surface area is 103 Å². The molecule has 0 aromatic carbocycles. The molecule has 0 atom stereocenters. The Morgan fingerprint density at radius 3 is 0.571 bits per heavy atom. The Bertz CT molecular complexity index is 113. The first-order valence-corrected chi connectivity index (χ1v) is 1.64. The Morgan fingerprint density at radius 2 is 0.571 bits per heavy atom. The van der Waals surface area contributed by atoms with E-state index in [2.05, 4.69) is 0 Å². The van der Waals surface area contributed by atoms with Crippen LogP contribution in [0.4, 0.5) is 0 Å². The van der Waals surface area contributed by atoms with Crippen LogP contribution in [-0.2, 0) is 0 Å². The maximum atomic E-state index is 8.25. The van der Waals surface area contributed by atoms with Crippen LogP contribution < -0.4 is 0 Å². The predicted octanol–water partition coefficient (Wildman–Crippen LogP) is -1.54. The third-order valence-corrected chi connectivity index (χ3v) is 0. The predicted molar refractivity (Wildman–Crippen MR) is 34.7 cm³/mol. The average molecular weight is 379 g/mol. The summed E-state index contributed by atoms with van der Waals surface area (Å²) in [5, 5.41) is 44.2. The van der Waals surface area contributed by atoms with Crippen molar-refractivity contribution in [3.63, 3.8) is 0 Å². The van der Waals surface area contributed by atoms with Gasteiger partial charge in [-0.25, -0.2) is 0 Å². The van der Waals surface area contributed by atoms with Crippen molar-refractivity contribution in [3.05, 3.63) is 46.0 Å². The smallest absolute Gasteiger partial charge is 0.412 e. The SMILES string of the molecule is O.O=[N+]([O-])[O-].O=[N+]([O-])[O-].O=[N+]([O-])[O-].[Lu+3]. The minimum absolute atomic E-state index is 0. The van der Waals surface area contributed by atoms with Crippen LogP contribution in [0, 0.1) is 82.8 Å². The van der Waals surface area contributed by atoms with E-state index in [0.717, 1.165) is 0 Å². The number of nitrogens with zero attached hydrogens (tertiary/aromatic N) is 3. The summed E-state index contributed by atoms with van der Waals surface area (Å²) in [6.45, 7) is 0. The van der Waals surface area contributed by atoms with Crippen LogP contribution in [0.5, 0.6) is 0 Å². The van der Waals surface area contributed by atoms with Gasteiger partial charge in [0.05, 0.1) is 15.3 Å². The standard InChI is InChI=1S/Lu.3NO3.H2O/c;3*2-1(3)4;/h;;;;1H2/q+3;3*-1;. The van der Waals surface area contributed by atoms with E-state index in [-0.39, 0.29) is 42.4 Å². The molecule has 0 bridgehead atoms. The van der Waals surface area contributed by atoms with E-state index in [0.29, 0.717) is 0 Å². The molecule has 0 aliphatic carbocycles. The van der Waals surface area contributed by atoms with Gasteiger partial charge in [-0.2, -0.15) is 0 Å². The Hall–Kier alpha value is -1.21. The molecular weight excluding hydrogens is 377 g/mol.